The molecule has 16 heavy (non-hydrogen) atoms. The molecule has 0 radical (unpaired) electrons. The van der Waals surface area contributed by atoms with Crippen LogP contribution >= 0.6 is 0 Å². The van der Waals surface area contributed by atoms with Gasteiger partial charge in [0, 0.05) is 25.4 Å². The first kappa shape index (κ1) is 12.9. The third-order valence-corrected chi connectivity index (χ3v) is 2.16. The Bertz CT molecular complexity index is 302. The summed E-state index contributed by atoms with van der Waals surface area (Å²) in [6.45, 7) is 2.57. The minimum atomic E-state index is 0.751. The van der Waals surface area contributed by atoms with Gasteiger partial charge in [-0.25, -0.2) is 0 Å². The Labute approximate surface area is 97.6 Å². The van der Waals surface area contributed by atoms with E-state index in [2.05, 4.69) is 29.3 Å². The van der Waals surface area contributed by atoms with Gasteiger partial charge in [0.15, 0.2) is 0 Å². The van der Waals surface area contributed by atoms with Crippen molar-refractivity contribution in [2.75, 3.05) is 34.3 Å². The standard InChI is InChI=1S/C12H21N3O/c1-13-10-11-9-12(5-6-14-11)16-8-4-7-15(2)3/h5-6,9,13H,4,7-8,10H2,1-3H3. The number of hydrogen-bond donors (Lipinski definition) is 1. The van der Waals surface area contributed by atoms with Crippen molar-refractivity contribution in [2.45, 2.75) is 13.0 Å². The van der Waals surface area contributed by atoms with Crippen molar-refractivity contribution in [3.05, 3.63) is 24.0 Å². The highest BCUT2D eigenvalue weighted by Crippen LogP contribution is 2.10. The van der Waals surface area contributed by atoms with Crippen LogP contribution in [0.15, 0.2) is 18.3 Å². The van der Waals surface area contributed by atoms with E-state index in [0.717, 1.165) is 37.6 Å². The molecule has 0 aromatic carbocycles. The van der Waals surface area contributed by atoms with E-state index in [-0.39, 0.29) is 0 Å². The smallest absolute Gasteiger partial charge is 0.122 e. The first-order chi connectivity index (χ1) is 7.72. The normalized spacial score (nSPS) is 10.8. The van der Waals surface area contributed by atoms with Gasteiger partial charge in [-0.15, -0.1) is 0 Å². The van der Waals surface area contributed by atoms with Gasteiger partial charge >= 0.3 is 0 Å². The van der Waals surface area contributed by atoms with Crippen LogP contribution in [0.1, 0.15) is 12.1 Å². The topological polar surface area (TPSA) is 37.4 Å². The molecule has 0 unspecified atom stereocenters. The second kappa shape index (κ2) is 7.19. The van der Waals surface area contributed by atoms with Crippen molar-refractivity contribution in [3.8, 4) is 5.75 Å². The van der Waals surface area contributed by atoms with Crippen LogP contribution in [-0.4, -0.2) is 44.2 Å². The monoisotopic (exact) mass is 223 g/mol. The Hall–Kier alpha value is -1.13. The van der Waals surface area contributed by atoms with E-state index < -0.39 is 0 Å². The van der Waals surface area contributed by atoms with Gasteiger partial charge in [-0.3, -0.25) is 4.98 Å². The summed E-state index contributed by atoms with van der Waals surface area (Å²) in [4.78, 5) is 6.39. The van der Waals surface area contributed by atoms with Crippen molar-refractivity contribution in [2.24, 2.45) is 0 Å². The molecule has 0 aliphatic heterocycles. The van der Waals surface area contributed by atoms with Gasteiger partial charge < -0.3 is 15.0 Å². The second-order valence-corrected chi connectivity index (χ2v) is 4.02. The zero-order valence-electron chi connectivity index (χ0n) is 10.4. The Balaban J connectivity index is 2.33. The van der Waals surface area contributed by atoms with Crippen LogP contribution in [0, 0.1) is 0 Å². The molecule has 4 heteroatoms. The van der Waals surface area contributed by atoms with Crippen LogP contribution in [-0.2, 0) is 6.54 Å². The van der Waals surface area contributed by atoms with Gasteiger partial charge in [-0.1, -0.05) is 0 Å². The molecule has 0 fully saturated rings. The number of ether oxygens (including phenoxy) is 1. The molecule has 0 atom stereocenters. The Morgan fingerprint density at radius 1 is 1.44 bits per heavy atom. The third kappa shape index (κ3) is 5.09. The molecule has 0 spiro atoms. The van der Waals surface area contributed by atoms with E-state index in [9.17, 15) is 0 Å². The van der Waals surface area contributed by atoms with Gasteiger partial charge in [0.1, 0.15) is 5.75 Å². The zero-order chi connectivity index (χ0) is 11.8. The molecule has 1 heterocycles. The Morgan fingerprint density at radius 3 is 2.94 bits per heavy atom. The van der Waals surface area contributed by atoms with Gasteiger partial charge in [0.25, 0.3) is 0 Å². The fourth-order valence-electron chi connectivity index (χ4n) is 1.39. The van der Waals surface area contributed by atoms with E-state index >= 15 is 0 Å². The van der Waals surface area contributed by atoms with Crippen molar-refractivity contribution in [1.82, 2.24) is 15.2 Å². The number of pyridine rings is 1. The van der Waals surface area contributed by atoms with E-state index in [1.165, 1.54) is 0 Å². The zero-order valence-corrected chi connectivity index (χ0v) is 10.4. The summed E-state index contributed by atoms with van der Waals surface area (Å²) in [7, 11) is 6.04. The molecular weight excluding hydrogens is 202 g/mol. The maximum atomic E-state index is 5.65. The first-order valence-electron chi connectivity index (χ1n) is 5.59. The van der Waals surface area contributed by atoms with Crippen molar-refractivity contribution in [1.29, 1.82) is 0 Å². The van der Waals surface area contributed by atoms with Gasteiger partial charge in [0.2, 0.25) is 0 Å². The van der Waals surface area contributed by atoms with Crippen LogP contribution in [0.3, 0.4) is 0 Å². The quantitative estimate of drug-likeness (QED) is 0.703. The summed E-state index contributed by atoms with van der Waals surface area (Å²) in [5.41, 5.74) is 1.01. The SMILES string of the molecule is CNCc1cc(OCCCN(C)C)ccn1. The van der Waals surface area contributed by atoms with Crippen molar-refractivity contribution in [3.63, 3.8) is 0 Å². The number of aromatic nitrogens is 1. The number of rotatable bonds is 7. The lowest BCUT2D eigenvalue weighted by Crippen LogP contribution is -2.15. The maximum Gasteiger partial charge on any atom is 0.122 e. The van der Waals surface area contributed by atoms with Crippen LogP contribution < -0.4 is 10.1 Å². The summed E-state index contributed by atoms with van der Waals surface area (Å²) in [6.07, 6.45) is 2.82. The van der Waals surface area contributed by atoms with E-state index in [4.69, 9.17) is 4.74 Å². The highest BCUT2D eigenvalue weighted by atomic mass is 16.5. The Morgan fingerprint density at radius 2 is 2.25 bits per heavy atom. The van der Waals surface area contributed by atoms with Gasteiger partial charge in [-0.2, -0.15) is 0 Å². The molecule has 0 aliphatic carbocycles. The van der Waals surface area contributed by atoms with Crippen LogP contribution in [0.4, 0.5) is 0 Å². The molecule has 1 aromatic heterocycles. The second-order valence-electron chi connectivity index (χ2n) is 4.02. The van der Waals surface area contributed by atoms with Crippen LogP contribution in [0.25, 0.3) is 0 Å². The minimum Gasteiger partial charge on any atom is -0.493 e. The summed E-state index contributed by atoms with van der Waals surface area (Å²) < 4.78 is 5.65. The van der Waals surface area contributed by atoms with Crippen molar-refractivity contribution < 1.29 is 4.74 Å². The lowest BCUT2D eigenvalue weighted by Gasteiger charge is -2.10. The highest BCUT2D eigenvalue weighted by Gasteiger charge is 1.97. The van der Waals surface area contributed by atoms with E-state index in [1.54, 1.807) is 6.20 Å². The van der Waals surface area contributed by atoms with Gasteiger partial charge in [-0.05, 0) is 33.6 Å². The first-order valence-corrected chi connectivity index (χ1v) is 5.59. The van der Waals surface area contributed by atoms with Gasteiger partial charge in [0.05, 0.1) is 12.3 Å². The number of hydrogen-bond acceptors (Lipinski definition) is 4. The fourth-order valence-corrected chi connectivity index (χ4v) is 1.39. The van der Waals surface area contributed by atoms with Crippen molar-refractivity contribution >= 4 is 0 Å². The number of nitrogens with zero attached hydrogens (tertiary/aromatic N) is 2. The Kier molecular flexibility index (Phi) is 5.82. The largest absolute Gasteiger partial charge is 0.493 e. The number of nitrogens with one attached hydrogen (secondary N) is 1. The molecule has 0 amide bonds. The van der Waals surface area contributed by atoms with Crippen LogP contribution in [0.5, 0.6) is 5.75 Å². The van der Waals surface area contributed by atoms with E-state index in [1.807, 2.05) is 19.2 Å². The molecule has 90 valence electrons. The summed E-state index contributed by atoms with van der Waals surface area (Å²) in [5.74, 6) is 0.902. The molecule has 4 nitrogen and oxygen atoms in total. The molecule has 0 bridgehead atoms. The molecule has 0 saturated heterocycles. The average molecular weight is 223 g/mol. The summed E-state index contributed by atoms with van der Waals surface area (Å²) >= 11 is 0. The molecular formula is C12H21N3O. The molecule has 0 saturated carbocycles. The predicted molar refractivity (Wildman–Crippen MR) is 65.7 cm³/mol. The maximum absolute atomic E-state index is 5.65. The van der Waals surface area contributed by atoms with Crippen LogP contribution in [0.2, 0.25) is 0 Å². The van der Waals surface area contributed by atoms with E-state index in [0.29, 0.717) is 0 Å². The summed E-state index contributed by atoms with van der Waals surface area (Å²) in [6, 6.07) is 3.88. The lowest BCUT2D eigenvalue weighted by molar-refractivity contribution is 0.281. The molecule has 1 aromatic rings. The highest BCUT2D eigenvalue weighted by molar-refractivity contribution is 5.22. The fraction of sp³-hybridized carbons (Fsp3) is 0.583. The lowest BCUT2D eigenvalue weighted by atomic mass is 10.3. The predicted octanol–water partition coefficient (Wildman–Crippen LogP) is 1.13. The molecule has 1 N–H and O–H groups in total. The molecule has 0 aliphatic rings. The summed E-state index contributed by atoms with van der Waals surface area (Å²) in [5, 5.41) is 3.07. The third-order valence-electron chi connectivity index (χ3n) is 2.16. The molecule has 1 rings (SSSR count). The minimum absolute atomic E-state index is 0.751. The average Bonchev–Trinajstić information content (AvgIpc) is 2.25.